The minimum absolute atomic E-state index is 0.591. The number of hydrogen-bond donors (Lipinski definition) is 0. The first-order valence-electron chi connectivity index (χ1n) is 19.1. The van der Waals surface area contributed by atoms with Crippen LogP contribution in [0.5, 0.6) is 11.5 Å². The van der Waals surface area contributed by atoms with Crippen LogP contribution in [0.15, 0.2) is 182 Å². The van der Waals surface area contributed by atoms with Crippen molar-refractivity contribution in [2.24, 2.45) is 0 Å². The van der Waals surface area contributed by atoms with Crippen molar-refractivity contribution < 1.29 is 4.74 Å². The first-order chi connectivity index (χ1) is 28.2. The van der Waals surface area contributed by atoms with Gasteiger partial charge in [0.05, 0.1) is 11.1 Å². The molecule has 57 heavy (non-hydrogen) atoms. The standard InChI is InChI=1S/C51H33N5O/c1-32-30-52-28-27-37(32)36-23-25-45(53-31-36)40-19-12-22-43-47(40)57-46-26-24-35(29-44(46)51(43)41-20-10-8-17-38(41)39-18-9-11-21-42(39)51)50-55-48(33-13-4-2-5-14-33)54-49(56-50)34-15-6-3-7-16-34/h2-31H,1H3. The molecule has 4 heterocycles. The maximum Gasteiger partial charge on any atom is 0.164 e. The van der Waals surface area contributed by atoms with Gasteiger partial charge < -0.3 is 4.74 Å². The van der Waals surface area contributed by atoms with Crippen LogP contribution in [0.1, 0.15) is 27.8 Å². The van der Waals surface area contributed by atoms with E-state index in [1.54, 1.807) is 0 Å². The second-order valence-corrected chi connectivity index (χ2v) is 14.5. The Morgan fingerprint density at radius 3 is 1.65 bits per heavy atom. The lowest BCUT2D eigenvalue weighted by atomic mass is 9.65. The fourth-order valence-electron chi connectivity index (χ4n) is 8.71. The highest BCUT2D eigenvalue weighted by Gasteiger charge is 2.51. The molecule has 0 saturated heterocycles. The molecule has 6 aromatic carbocycles. The molecule has 2 aliphatic rings. The molecule has 9 aromatic rings. The summed E-state index contributed by atoms with van der Waals surface area (Å²) >= 11 is 0. The quantitative estimate of drug-likeness (QED) is 0.175. The molecule has 0 fully saturated rings. The van der Waals surface area contributed by atoms with Gasteiger partial charge in [-0.1, -0.05) is 127 Å². The Balaban J connectivity index is 1.14. The smallest absolute Gasteiger partial charge is 0.164 e. The summed E-state index contributed by atoms with van der Waals surface area (Å²) in [6, 6.07) is 56.8. The minimum Gasteiger partial charge on any atom is -0.456 e. The lowest BCUT2D eigenvalue weighted by molar-refractivity contribution is 0.438. The maximum atomic E-state index is 7.09. The summed E-state index contributed by atoms with van der Waals surface area (Å²) in [7, 11) is 0. The van der Waals surface area contributed by atoms with Gasteiger partial charge in [-0.2, -0.15) is 0 Å². The van der Waals surface area contributed by atoms with Crippen molar-refractivity contribution in [1.29, 1.82) is 0 Å². The zero-order chi connectivity index (χ0) is 37.9. The van der Waals surface area contributed by atoms with Crippen LogP contribution in [0.4, 0.5) is 0 Å². The van der Waals surface area contributed by atoms with Crippen molar-refractivity contribution in [3.63, 3.8) is 0 Å². The third kappa shape index (κ3) is 5.15. The van der Waals surface area contributed by atoms with E-state index in [0.717, 1.165) is 67.3 Å². The molecule has 0 N–H and O–H groups in total. The highest BCUT2D eigenvalue weighted by Crippen LogP contribution is 2.63. The summed E-state index contributed by atoms with van der Waals surface area (Å²) in [4.78, 5) is 24.5. The monoisotopic (exact) mass is 731 g/mol. The molecule has 268 valence electrons. The molecule has 1 spiro atoms. The Morgan fingerprint density at radius 1 is 0.439 bits per heavy atom. The Morgan fingerprint density at radius 2 is 1.02 bits per heavy atom. The normalized spacial score (nSPS) is 12.9. The number of ether oxygens (including phenoxy) is 1. The topological polar surface area (TPSA) is 73.7 Å². The van der Waals surface area contributed by atoms with Crippen LogP contribution in [0.25, 0.3) is 67.7 Å². The second-order valence-electron chi connectivity index (χ2n) is 14.5. The molecule has 0 unspecified atom stereocenters. The largest absolute Gasteiger partial charge is 0.456 e. The van der Waals surface area contributed by atoms with Crippen molar-refractivity contribution >= 4 is 0 Å². The molecule has 11 rings (SSSR count). The van der Waals surface area contributed by atoms with Gasteiger partial charge in [0.2, 0.25) is 0 Å². The van der Waals surface area contributed by atoms with Crippen molar-refractivity contribution in [2.45, 2.75) is 12.3 Å². The summed E-state index contributed by atoms with van der Waals surface area (Å²) in [6.45, 7) is 2.07. The Bertz CT molecular complexity index is 2900. The van der Waals surface area contributed by atoms with Gasteiger partial charge in [-0.3, -0.25) is 9.97 Å². The molecule has 0 atom stereocenters. The number of pyridine rings is 2. The second kappa shape index (κ2) is 13.0. The van der Waals surface area contributed by atoms with Crippen LogP contribution in [0.2, 0.25) is 0 Å². The number of para-hydroxylation sites is 1. The van der Waals surface area contributed by atoms with Gasteiger partial charge in [-0.25, -0.2) is 15.0 Å². The van der Waals surface area contributed by atoms with Crippen LogP contribution in [0, 0.1) is 6.92 Å². The summed E-state index contributed by atoms with van der Waals surface area (Å²) < 4.78 is 7.09. The number of fused-ring (bicyclic) bond motifs is 9. The molecule has 6 nitrogen and oxygen atoms in total. The molecule has 0 radical (unpaired) electrons. The van der Waals surface area contributed by atoms with E-state index in [4.69, 9.17) is 24.7 Å². The Hall–Kier alpha value is -7.57. The predicted molar refractivity (Wildman–Crippen MR) is 225 cm³/mol. The van der Waals surface area contributed by atoms with Crippen LogP contribution >= 0.6 is 0 Å². The summed E-state index contributed by atoms with van der Waals surface area (Å²) in [5, 5.41) is 0. The fraction of sp³-hybridized carbons (Fsp3) is 0.0392. The van der Waals surface area contributed by atoms with Crippen LogP contribution < -0.4 is 4.74 Å². The van der Waals surface area contributed by atoms with E-state index >= 15 is 0 Å². The van der Waals surface area contributed by atoms with Gasteiger partial charge in [0, 0.05) is 57.5 Å². The van der Waals surface area contributed by atoms with Gasteiger partial charge in [0.25, 0.3) is 0 Å². The van der Waals surface area contributed by atoms with Crippen molar-refractivity contribution in [2.75, 3.05) is 0 Å². The third-order valence-corrected chi connectivity index (χ3v) is 11.3. The molecular weight excluding hydrogens is 699 g/mol. The van der Waals surface area contributed by atoms with Gasteiger partial charge in [0.15, 0.2) is 17.5 Å². The number of hydrogen-bond acceptors (Lipinski definition) is 6. The highest BCUT2D eigenvalue weighted by molar-refractivity contribution is 5.90. The van der Waals surface area contributed by atoms with E-state index in [1.165, 1.54) is 22.3 Å². The molecule has 0 saturated carbocycles. The van der Waals surface area contributed by atoms with Crippen molar-refractivity contribution in [3.05, 3.63) is 210 Å². The Labute approximate surface area is 330 Å². The predicted octanol–water partition coefficient (Wildman–Crippen LogP) is 11.8. The van der Waals surface area contributed by atoms with Gasteiger partial charge in [0.1, 0.15) is 11.5 Å². The van der Waals surface area contributed by atoms with E-state index < -0.39 is 5.41 Å². The van der Waals surface area contributed by atoms with Crippen LogP contribution in [-0.2, 0) is 5.41 Å². The molecule has 6 heteroatoms. The summed E-state index contributed by atoms with van der Waals surface area (Å²) in [5.41, 5.74) is 14.0. The fourth-order valence-corrected chi connectivity index (χ4v) is 8.71. The van der Waals surface area contributed by atoms with Crippen molar-refractivity contribution in [1.82, 2.24) is 24.9 Å². The van der Waals surface area contributed by atoms with E-state index in [-0.39, 0.29) is 0 Å². The Kier molecular flexibility index (Phi) is 7.51. The SMILES string of the molecule is Cc1cnccc1-c1ccc(-c2cccc3c2Oc2ccc(-c4nc(-c5ccccc5)nc(-c5ccccc5)n4)cc2C32c3ccccc3-c3ccccc32)nc1. The third-order valence-electron chi connectivity index (χ3n) is 11.3. The van der Waals surface area contributed by atoms with Gasteiger partial charge in [-0.05, 0) is 76.7 Å². The van der Waals surface area contributed by atoms with E-state index in [0.29, 0.717) is 17.5 Å². The van der Waals surface area contributed by atoms with E-state index in [1.807, 2.05) is 85.3 Å². The zero-order valence-corrected chi connectivity index (χ0v) is 31.0. The van der Waals surface area contributed by atoms with E-state index in [2.05, 4.69) is 109 Å². The molecule has 3 aromatic heterocycles. The first kappa shape index (κ1) is 32.8. The van der Waals surface area contributed by atoms with Gasteiger partial charge in [-0.15, -0.1) is 0 Å². The van der Waals surface area contributed by atoms with Crippen molar-refractivity contribution in [3.8, 4) is 79.2 Å². The number of rotatable bonds is 5. The molecule has 0 bridgehead atoms. The number of aryl methyl sites for hydroxylation is 1. The molecule has 0 amide bonds. The lowest BCUT2D eigenvalue weighted by Gasteiger charge is -2.40. The van der Waals surface area contributed by atoms with E-state index in [9.17, 15) is 0 Å². The molecular formula is C51H33N5O. The minimum atomic E-state index is -0.701. The summed E-state index contributed by atoms with van der Waals surface area (Å²) in [6.07, 6.45) is 5.65. The van der Waals surface area contributed by atoms with Crippen LogP contribution in [0.3, 0.4) is 0 Å². The van der Waals surface area contributed by atoms with Crippen LogP contribution in [-0.4, -0.2) is 24.9 Å². The number of benzene rings is 6. The number of nitrogens with zero attached hydrogens (tertiary/aromatic N) is 5. The maximum absolute atomic E-state index is 7.09. The highest BCUT2D eigenvalue weighted by atomic mass is 16.5. The molecule has 1 aliphatic heterocycles. The average molecular weight is 732 g/mol. The first-order valence-corrected chi connectivity index (χ1v) is 19.1. The molecule has 1 aliphatic carbocycles. The average Bonchev–Trinajstić information content (AvgIpc) is 3.57. The van der Waals surface area contributed by atoms with Gasteiger partial charge >= 0.3 is 0 Å². The number of aromatic nitrogens is 5. The zero-order valence-electron chi connectivity index (χ0n) is 31.0. The lowest BCUT2D eigenvalue weighted by Crippen LogP contribution is -2.32. The summed E-state index contributed by atoms with van der Waals surface area (Å²) in [5.74, 6) is 3.39.